The molecule has 3 rings (SSSR count). The van der Waals surface area contributed by atoms with Crippen LogP contribution in [0.25, 0.3) is 21.7 Å². The van der Waals surface area contributed by atoms with Crippen molar-refractivity contribution >= 4 is 22.9 Å². The van der Waals surface area contributed by atoms with E-state index in [1.165, 1.54) is 11.3 Å². The zero-order chi connectivity index (χ0) is 13.9. The van der Waals surface area contributed by atoms with Crippen LogP contribution < -0.4 is 4.74 Å². The Hall–Kier alpha value is -1.84. The number of hydrogen-bond acceptors (Lipinski definition) is 3. The number of benzene rings is 2. The Kier molecular flexibility index (Phi) is 3.72. The monoisotopic (exact) mass is 301 g/mol. The molecule has 0 bridgehead atoms. The van der Waals surface area contributed by atoms with Crippen molar-refractivity contribution < 1.29 is 4.74 Å². The summed E-state index contributed by atoms with van der Waals surface area (Å²) in [5.74, 6) is 0.798. The standard InChI is InChI=1S/C16H12ClNOS/c1-19-13-10-6-5-9-12(13)14-15(20-16(17)18-14)11-7-3-2-4-8-11/h2-10H,1H3. The molecule has 1 aromatic heterocycles. The third-order valence-corrected chi connectivity index (χ3v) is 4.21. The molecule has 2 nitrogen and oxygen atoms in total. The van der Waals surface area contributed by atoms with Gasteiger partial charge in [0.2, 0.25) is 0 Å². The van der Waals surface area contributed by atoms with E-state index in [0.29, 0.717) is 4.47 Å². The SMILES string of the molecule is COc1ccccc1-c1nc(Cl)sc1-c1ccccc1. The van der Waals surface area contributed by atoms with Crippen LogP contribution in [0.2, 0.25) is 4.47 Å². The minimum atomic E-state index is 0.532. The summed E-state index contributed by atoms with van der Waals surface area (Å²) in [6, 6.07) is 18.0. The van der Waals surface area contributed by atoms with E-state index >= 15 is 0 Å². The quantitative estimate of drug-likeness (QED) is 0.668. The average molecular weight is 302 g/mol. The Morgan fingerprint density at radius 2 is 1.70 bits per heavy atom. The van der Waals surface area contributed by atoms with E-state index in [-0.39, 0.29) is 0 Å². The van der Waals surface area contributed by atoms with Crippen LogP contribution in [0.4, 0.5) is 0 Å². The Morgan fingerprint density at radius 3 is 2.45 bits per heavy atom. The molecular weight excluding hydrogens is 290 g/mol. The van der Waals surface area contributed by atoms with E-state index in [4.69, 9.17) is 16.3 Å². The van der Waals surface area contributed by atoms with Gasteiger partial charge in [-0.2, -0.15) is 0 Å². The van der Waals surface area contributed by atoms with Crippen LogP contribution in [-0.2, 0) is 0 Å². The van der Waals surface area contributed by atoms with E-state index in [1.807, 2.05) is 42.5 Å². The summed E-state index contributed by atoms with van der Waals surface area (Å²) < 4.78 is 5.95. The molecule has 0 aliphatic carbocycles. The lowest BCUT2D eigenvalue weighted by Crippen LogP contribution is -1.89. The van der Waals surface area contributed by atoms with Crippen molar-refractivity contribution in [3.63, 3.8) is 0 Å². The maximum absolute atomic E-state index is 6.13. The van der Waals surface area contributed by atoms with Gasteiger partial charge in [-0.15, -0.1) is 11.3 Å². The number of halogens is 1. The van der Waals surface area contributed by atoms with Crippen LogP contribution in [0.15, 0.2) is 54.6 Å². The Bertz CT molecular complexity index is 724. The first-order valence-electron chi connectivity index (χ1n) is 6.14. The molecule has 1 heterocycles. The summed E-state index contributed by atoms with van der Waals surface area (Å²) in [4.78, 5) is 5.53. The minimum Gasteiger partial charge on any atom is -0.496 e. The van der Waals surface area contributed by atoms with Crippen LogP contribution in [0.1, 0.15) is 0 Å². The van der Waals surface area contributed by atoms with Crippen molar-refractivity contribution in [1.82, 2.24) is 4.98 Å². The largest absolute Gasteiger partial charge is 0.496 e. The highest BCUT2D eigenvalue weighted by molar-refractivity contribution is 7.19. The highest BCUT2D eigenvalue weighted by atomic mass is 35.5. The number of aromatic nitrogens is 1. The van der Waals surface area contributed by atoms with E-state index in [9.17, 15) is 0 Å². The topological polar surface area (TPSA) is 22.1 Å². The minimum absolute atomic E-state index is 0.532. The molecule has 4 heteroatoms. The van der Waals surface area contributed by atoms with Crippen LogP contribution >= 0.6 is 22.9 Å². The van der Waals surface area contributed by atoms with Crippen LogP contribution in [0, 0.1) is 0 Å². The summed E-state index contributed by atoms with van der Waals surface area (Å²) in [5.41, 5.74) is 2.93. The van der Waals surface area contributed by atoms with Gasteiger partial charge in [-0.05, 0) is 17.7 Å². The molecule has 0 radical (unpaired) electrons. The number of ether oxygens (including phenoxy) is 1. The van der Waals surface area contributed by atoms with Gasteiger partial charge in [0.15, 0.2) is 4.47 Å². The fourth-order valence-electron chi connectivity index (χ4n) is 2.10. The second-order valence-electron chi connectivity index (χ2n) is 4.21. The molecule has 0 fully saturated rings. The molecule has 0 spiro atoms. The van der Waals surface area contributed by atoms with Gasteiger partial charge in [0, 0.05) is 5.56 Å². The lowest BCUT2D eigenvalue weighted by molar-refractivity contribution is 0.416. The van der Waals surface area contributed by atoms with E-state index < -0.39 is 0 Å². The Balaban J connectivity index is 2.20. The second-order valence-corrected chi connectivity index (χ2v) is 5.79. The molecule has 0 amide bonds. The zero-order valence-corrected chi connectivity index (χ0v) is 12.4. The van der Waals surface area contributed by atoms with E-state index in [0.717, 1.165) is 27.4 Å². The summed E-state index contributed by atoms with van der Waals surface area (Å²) in [7, 11) is 1.66. The van der Waals surface area contributed by atoms with Gasteiger partial charge >= 0.3 is 0 Å². The number of thiazole rings is 1. The van der Waals surface area contributed by atoms with Crippen molar-refractivity contribution in [1.29, 1.82) is 0 Å². The van der Waals surface area contributed by atoms with Crippen LogP contribution in [-0.4, -0.2) is 12.1 Å². The molecule has 0 aliphatic rings. The predicted molar refractivity (Wildman–Crippen MR) is 84.5 cm³/mol. The van der Waals surface area contributed by atoms with Gasteiger partial charge in [0.25, 0.3) is 0 Å². The number of nitrogens with zero attached hydrogens (tertiary/aromatic N) is 1. The lowest BCUT2D eigenvalue weighted by atomic mass is 10.1. The normalized spacial score (nSPS) is 10.5. The fraction of sp³-hybridized carbons (Fsp3) is 0.0625. The van der Waals surface area contributed by atoms with Gasteiger partial charge in [-0.1, -0.05) is 54.1 Å². The molecule has 0 atom stereocenters. The number of para-hydroxylation sites is 1. The third kappa shape index (κ3) is 2.42. The first-order valence-corrected chi connectivity index (χ1v) is 7.34. The number of hydrogen-bond donors (Lipinski definition) is 0. The van der Waals surface area contributed by atoms with Crippen molar-refractivity contribution in [2.24, 2.45) is 0 Å². The van der Waals surface area contributed by atoms with Gasteiger partial charge in [0.1, 0.15) is 5.75 Å². The molecule has 0 aliphatic heterocycles. The molecule has 0 unspecified atom stereocenters. The number of rotatable bonds is 3. The summed E-state index contributed by atoms with van der Waals surface area (Å²) in [6.45, 7) is 0. The molecule has 20 heavy (non-hydrogen) atoms. The molecule has 3 aromatic rings. The predicted octanol–water partition coefficient (Wildman–Crippen LogP) is 5.14. The van der Waals surface area contributed by atoms with Crippen LogP contribution in [0.5, 0.6) is 5.75 Å². The van der Waals surface area contributed by atoms with Gasteiger partial charge < -0.3 is 4.74 Å². The van der Waals surface area contributed by atoms with Gasteiger partial charge in [-0.3, -0.25) is 0 Å². The van der Waals surface area contributed by atoms with E-state index in [1.54, 1.807) is 7.11 Å². The van der Waals surface area contributed by atoms with Gasteiger partial charge in [-0.25, -0.2) is 4.98 Å². The zero-order valence-electron chi connectivity index (χ0n) is 10.8. The molecule has 0 N–H and O–H groups in total. The second kappa shape index (κ2) is 5.65. The maximum Gasteiger partial charge on any atom is 0.184 e. The first-order chi connectivity index (χ1) is 9.79. The van der Waals surface area contributed by atoms with Gasteiger partial charge in [0.05, 0.1) is 17.7 Å². The van der Waals surface area contributed by atoms with Crippen molar-refractivity contribution in [3.8, 4) is 27.4 Å². The maximum atomic E-state index is 6.13. The van der Waals surface area contributed by atoms with Crippen molar-refractivity contribution in [3.05, 3.63) is 59.1 Å². The number of methoxy groups -OCH3 is 1. The Labute approximate surface area is 126 Å². The van der Waals surface area contributed by atoms with Crippen molar-refractivity contribution in [2.75, 3.05) is 7.11 Å². The summed E-state index contributed by atoms with van der Waals surface area (Å²) in [5, 5.41) is 0. The molecule has 0 saturated carbocycles. The van der Waals surface area contributed by atoms with E-state index in [2.05, 4.69) is 17.1 Å². The highest BCUT2D eigenvalue weighted by Gasteiger charge is 2.16. The van der Waals surface area contributed by atoms with Crippen LogP contribution in [0.3, 0.4) is 0 Å². The smallest absolute Gasteiger partial charge is 0.184 e. The molecule has 2 aromatic carbocycles. The molecule has 0 saturated heterocycles. The fourth-order valence-corrected chi connectivity index (χ4v) is 3.23. The first kappa shape index (κ1) is 13.2. The molecular formula is C16H12ClNOS. The highest BCUT2D eigenvalue weighted by Crippen LogP contribution is 2.41. The Morgan fingerprint density at radius 1 is 1.00 bits per heavy atom. The summed E-state index contributed by atoms with van der Waals surface area (Å²) in [6.07, 6.45) is 0. The van der Waals surface area contributed by atoms with Crippen molar-refractivity contribution in [2.45, 2.75) is 0 Å². The molecule has 100 valence electrons. The average Bonchev–Trinajstić information content (AvgIpc) is 2.90. The third-order valence-electron chi connectivity index (χ3n) is 3.00. The lowest BCUT2D eigenvalue weighted by Gasteiger charge is -2.07. The summed E-state index contributed by atoms with van der Waals surface area (Å²) >= 11 is 7.61.